The smallest absolute Gasteiger partial charge is 0.253 e. The maximum Gasteiger partial charge on any atom is 0.253 e. The summed E-state index contributed by atoms with van der Waals surface area (Å²) in [7, 11) is 0. The van der Waals surface area contributed by atoms with Crippen LogP contribution in [0.2, 0.25) is 0 Å². The zero-order chi connectivity index (χ0) is 18.3. The summed E-state index contributed by atoms with van der Waals surface area (Å²) in [5.74, 6) is 0.125. The first-order valence-corrected chi connectivity index (χ1v) is 9.81. The van der Waals surface area contributed by atoms with Gasteiger partial charge in [-0.3, -0.25) is 4.79 Å². The first-order chi connectivity index (χ1) is 12.5. The summed E-state index contributed by atoms with van der Waals surface area (Å²) in [5.41, 5.74) is 5.61. The highest BCUT2D eigenvalue weighted by Crippen LogP contribution is 2.31. The number of carbonyl (C=O) groups is 1. The molecule has 0 saturated carbocycles. The minimum atomic E-state index is 0.125. The molecule has 0 atom stereocenters. The number of benzene rings is 2. The van der Waals surface area contributed by atoms with Gasteiger partial charge in [0.05, 0.1) is 10.2 Å². The van der Waals surface area contributed by atoms with Gasteiger partial charge in [0.15, 0.2) is 5.13 Å². The van der Waals surface area contributed by atoms with E-state index in [2.05, 4.69) is 30.9 Å². The second-order valence-electron chi connectivity index (χ2n) is 7.05. The van der Waals surface area contributed by atoms with Crippen molar-refractivity contribution < 1.29 is 4.79 Å². The van der Waals surface area contributed by atoms with Gasteiger partial charge in [0.25, 0.3) is 5.91 Å². The Kier molecular flexibility index (Phi) is 4.41. The number of nitrogens with zero attached hydrogens (tertiary/aromatic N) is 3. The van der Waals surface area contributed by atoms with Crippen molar-refractivity contribution in [3.05, 3.63) is 58.7 Å². The van der Waals surface area contributed by atoms with Gasteiger partial charge in [0.1, 0.15) is 0 Å². The van der Waals surface area contributed by atoms with E-state index in [1.165, 1.54) is 21.4 Å². The Labute approximate surface area is 158 Å². The van der Waals surface area contributed by atoms with Crippen LogP contribution < -0.4 is 4.90 Å². The summed E-state index contributed by atoms with van der Waals surface area (Å²) in [4.78, 5) is 21.7. The van der Waals surface area contributed by atoms with Crippen LogP contribution in [0.15, 0.2) is 36.4 Å². The molecule has 1 amide bonds. The summed E-state index contributed by atoms with van der Waals surface area (Å²) in [6.45, 7) is 9.44. The van der Waals surface area contributed by atoms with Crippen molar-refractivity contribution in [3.63, 3.8) is 0 Å². The highest BCUT2D eigenvalue weighted by Gasteiger charge is 2.24. The van der Waals surface area contributed by atoms with Gasteiger partial charge < -0.3 is 9.80 Å². The first kappa shape index (κ1) is 17.0. The Bertz CT molecular complexity index is 914. The number of piperazine rings is 1. The van der Waals surface area contributed by atoms with E-state index in [0.717, 1.165) is 42.4 Å². The maximum absolute atomic E-state index is 12.7. The Morgan fingerprint density at radius 3 is 2.31 bits per heavy atom. The van der Waals surface area contributed by atoms with Crippen LogP contribution in [0, 0.1) is 20.8 Å². The fraction of sp³-hybridized carbons (Fsp3) is 0.333. The van der Waals surface area contributed by atoms with Crippen molar-refractivity contribution in [2.24, 2.45) is 0 Å². The van der Waals surface area contributed by atoms with Crippen molar-refractivity contribution in [2.45, 2.75) is 20.8 Å². The van der Waals surface area contributed by atoms with Crippen LogP contribution in [0.1, 0.15) is 27.0 Å². The molecule has 0 aliphatic carbocycles. The molecule has 134 valence electrons. The Hall–Kier alpha value is -2.40. The average molecular weight is 366 g/mol. The number of amides is 1. The summed E-state index contributed by atoms with van der Waals surface area (Å²) >= 11 is 1.75. The van der Waals surface area contributed by atoms with Gasteiger partial charge in [-0.05, 0) is 56.2 Å². The third kappa shape index (κ3) is 3.19. The third-order valence-electron chi connectivity index (χ3n) is 5.13. The average Bonchev–Trinajstić information content (AvgIpc) is 3.05. The molecule has 4 rings (SSSR count). The minimum absolute atomic E-state index is 0.125. The lowest BCUT2D eigenvalue weighted by Crippen LogP contribution is -2.48. The summed E-state index contributed by atoms with van der Waals surface area (Å²) < 4.78 is 1.24. The van der Waals surface area contributed by atoms with Crippen LogP contribution >= 0.6 is 11.3 Å². The Morgan fingerprint density at radius 2 is 1.62 bits per heavy atom. The molecule has 1 saturated heterocycles. The zero-order valence-electron chi connectivity index (χ0n) is 15.5. The van der Waals surface area contributed by atoms with Gasteiger partial charge in [-0.25, -0.2) is 4.98 Å². The molecule has 4 nitrogen and oxygen atoms in total. The molecule has 2 aromatic carbocycles. The number of rotatable bonds is 2. The topological polar surface area (TPSA) is 36.4 Å². The molecule has 0 N–H and O–H groups in total. The number of aromatic nitrogens is 1. The normalized spacial score (nSPS) is 14.9. The maximum atomic E-state index is 12.7. The molecule has 26 heavy (non-hydrogen) atoms. The Balaban J connectivity index is 1.46. The van der Waals surface area contributed by atoms with E-state index in [1.807, 2.05) is 36.1 Å². The highest BCUT2D eigenvalue weighted by molar-refractivity contribution is 7.22. The van der Waals surface area contributed by atoms with Gasteiger partial charge in [0, 0.05) is 31.7 Å². The second-order valence-corrected chi connectivity index (χ2v) is 8.06. The molecule has 1 aliphatic rings. The van der Waals surface area contributed by atoms with Gasteiger partial charge >= 0.3 is 0 Å². The first-order valence-electron chi connectivity index (χ1n) is 9.00. The van der Waals surface area contributed by atoms with E-state index in [4.69, 9.17) is 4.98 Å². The standard InChI is InChI=1S/C21H23N3OS/c1-14-4-6-17(7-5-14)20(25)23-8-10-24(11-9-23)21-22-18-12-15(2)16(3)13-19(18)26-21/h4-7,12-13H,8-11H2,1-3H3. The Morgan fingerprint density at radius 1 is 0.962 bits per heavy atom. The van der Waals surface area contributed by atoms with Gasteiger partial charge in [-0.2, -0.15) is 0 Å². The molecule has 3 aromatic rings. The molecule has 2 heterocycles. The molecule has 1 aromatic heterocycles. The predicted octanol–water partition coefficient (Wildman–Crippen LogP) is 4.18. The van der Waals surface area contributed by atoms with E-state index >= 15 is 0 Å². The van der Waals surface area contributed by atoms with Crippen LogP contribution in [0.25, 0.3) is 10.2 Å². The predicted molar refractivity (Wildman–Crippen MR) is 108 cm³/mol. The van der Waals surface area contributed by atoms with E-state index in [-0.39, 0.29) is 5.91 Å². The van der Waals surface area contributed by atoms with Crippen molar-refractivity contribution >= 4 is 32.6 Å². The highest BCUT2D eigenvalue weighted by atomic mass is 32.1. The van der Waals surface area contributed by atoms with Crippen molar-refractivity contribution in [2.75, 3.05) is 31.1 Å². The lowest BCUT2D eigenvalue weighted by atomic mass is 10.1. The number of hydrogen-bond acceptors (Lipinski definition) is 4. The van der Waals surface area contributed by atoms with Crippen LogP contribution in [-0.4, -0.2) is 42.0 Å². The molecule has 0 bridgehead atoms. The number of carbonyl (C=O) groups excluding carboxylic acids is 1. The van der Waals surface area contributed by atoms with Crippen molar-refractivity contribution in [1.82, 2.24) is 9.88 Å². The van der Waals surface area contributed by atoms with E-state index in [9.17, 15) is 4.79 Å². The zero-order valence-corrected chi connectivity index (χ0v) is 16.3. The van der Waals surface area contributed by atoms with Crippen molar-refractivity contribution in [3.8, 4) is 0 Å². The SMILES string of the molecule is Cc1ccc(C(=O)N2CCN(c3nc4cc(C)c(C)cc4s3)CC2)cc1. The largest absolute Gasteiger partial charge is 0.345 e. The number of hydrogen-bond donors (Lipinski definition) is 0. The van der Waals surface area contributed by atoms with E-state index in [0.29, 0.717) is 0 Å². The molecule has 0 unspecified atom stereocenters. The molecule has 1 fully saturated rings. The quantitative estimate of drug-likeness (QED) is 0.683. The molecule has 1 aliphatic heterocycles. The number of fused-ring (bicyclic) bond motifs is 1. The van der Waals surface area contributed by atoms with Crippen LogP contribution in [-0.2, 0) is 0 Å². The summed E-state index contributed by atoms with van der Waals surface area (Å²) in [6, 6.07) is 12.2. The summed E-state index contributed by atoms with van der Waals surface area (Å²) in [5, 5.41) is 1.06. The third-order valence-corrected chi connectivity index (χ3v) is 6.21. The molecule has 5 heteroatoms. The van der Waals surface area contributed by atoms with Gasteiger partial charge in [-0.1, -0.05) is 29.0 Å². The number of aryl methyl sites for hydroxylation is 3. The van der Waals surface area contributed by atoms with E-state index in [1.54, 1.807) is 11.3 Å². The van der Waals surface area contributed by atoms with Crippen molar-refractivity contribution in [1.29, 1.82) is 0 Å². The fourth-order valence-corrected chi connectivity index (χ4v) is 4.38. The van der Waals surface area contributed by atoms with Crippen LogP contribution in [0.4, 0.5) is 5.13 Å². The monoisotopic (exact) mass is 365 g/mol. The van der Waals surface area contributed by atoms with E-state index < -0.39 is 0 Å². The van der Waals surface area contributed by atoms with Crippen LogP contribution in [0.5, 0.6) is 0 Å². The minimum Gasteiger partial charge on any atom is -0.345 e. The molecular weight excluding hydrogens is 342 g/mol. The molecule has 0 spiro atoms. The fourth-order valence-electron chi connectivity index (χ4n) is 3.28. The number of thiazole rings is 1. The molecule has 0 radical (unpaired) electrons. The van der Waals surface area contributed by atoms with Crippen LogP contribution in [0.3, 0.4) is 0 Å². The van der Waals surface area contributed by atoms with Gasteiger partial charge in [0.2, 0.25) is 0 Å². The number of anilines is 1. The lowest BCUT2D eigenvalue weighted by Gasteiger charge is -2.34. The molecular formula is C21H23N3OS. The summed E-state index contributed by atoms with van der Waals surface area (Å²) in [6.07, 6.45) is 0. The van der Waals surface area contributed by atoms with Gasteiger partial charge in [-0.15, -0.1) is 0 Å². The lowest BCUT2D eigenvalue weighted by molar-refractivity contribution is 0.0747. The second kappa shape index (κ2) is 6.72.